The summed E-state index contributed by atoms with van der Waals surface area (Å²) in [5.74, 6) is -1.61. The third kappa shape index (κ3) is 2.53. The van der Waals surface area contributed by atoms with Crippen molar-refractivity contribution in [3.05, 3.63) is 35.4 Å². The SMILES string of the molecule is CN(Cc1ccnn1C)C(=O)c1nn(C)cc1C(=O)O. The number of hydrogen-bond donors (Lipinski definition) is 1. The van der Waals surface area contributed by atoms with Crippen LogP contribution in [0.2, 0.25) is 0 Å². The minimum Gasteiger partial charge on any atom is -0.478 e. The van der Waals surface area contributed by atoms with Crippen molar-refractivity contribution in [2.45, 2.75) is 6.54 Å². The van der Waals surface area contributed by atoms with Gasteiger partial charge in [0.05, 0.1) is 12.2 Å². The zero-order valence-electron chi connectivity index (χ0n) is 11.4. The molecule has 8 nitrogen and oxygen atoms in total. The molecule has 106 valence electrons. The molecular formula is C12H15N5O3. The van der Waals surface area contributed by atoms with E-state index in [-0.39, 0.29) is 11.3 Å². The Labute approximate surface area is 115 Å². The molecular weight excluding hydrogens is 262 g/mol. The van der Waals surface area contributed by atoms with Crippen LogP contribution in [0, 0.1) is 0 Å². The van der Waals surface area contributed by atoms with Crippen LogP contribution in [0.15, 0.2) is 18.5 Å². The second kappa shape index (κ2) is 5.16. The van der Waals surface area contributed by atoms with Gasteiger partial charge in [0.1, 0.15) is 5.56 Å². The Bertz CT molecular complexity index is 658. The Balaban J connectivity index is 2.23. The normalized spacial score (nSPS) is 10.6. The highest BCUT2D eigenvalue weighted by Crippen LogP contribution is 2.11. The van der Waals surface area contributed by atoms with E-state index in [1.54, 1.807) is 38.1 Å². The van der Waals surface area contributed by atoms with Crippen LogP contribution >= 0.6 is 0 Å². The number of rotatable bonds is 4. The van der Waals surface area contributed by atoms with Gasteiger partial charge in [-0.2, -0.15) is 10.2 Å². The highest BCUT2D eigenvalue weighted by molar-refractivity contribution is 6.03. The van der Waals surface area contributed by atoms with Gasteiger partial charge in [0.15, 0.2) is 5.69 Å². The molecule has 8 heteroatoms. The number of nitrogens with zero attached hydrogens (tertiary/aromatic N) is 5. The van der Waals surface area contributed by atoms with Crippen LogP contribution in [0.1, 0.15) is 26.5 Å². The van der Waals surface area contributed by atoms with Gasteiger partial charge in [-0.25, -0.2) is 4.79 Å². The zero-order valence-corrected chi connectivity index (χ0v) is 11.4. The quantitative estimate of drug-likeness (QED) is 0.857. The lowest BCUT2D eigenvalue weighted by molar-refractivity contribution is 0.0679. The van der Waals surface area contributed by atoms with E-state index in [0.29, 0.717) is 6.54 Å². The number of aromatic carboxylic acids is 1. The maximum atomic E-state index is 12.3. The summed E-state index contributed by atoms with van der Waals surface area (Å²) in [6.45, 7) is 0.324. The van der Waals surface area contributed by atoms with E-state index < -0.39 is 11.9 Å². The monoisotopic (exact) mass is 277 g/mol. The molecule has 0 atom stereocenters. The first-order valence-corrected chi connectivity index (χ1v) is 5.89. The van der Waals surface area contributed by atoms with E-state index in [2.05, 4.69) is 10.2 Å². The third-order valence-electron chi connectivity index (χ3n) is 2.93. The number of hydrogen-bond acceptors (Lipinski definition) is 4. The van der Waals surface area contributed by atoms with Gasteiger partial charge >= 0.3 is 5.97 Å². The molecule has 0 aliphatic carbocycles. The Kier molecular flexibility index (Phi) is 3.55. The molecule has 2 aromatic rings. The molecule has 0 radical (unpaired) electrons. The van der Waals surface area contributed by atoms with Crippen LogP contribution in [0.25, 0.3) is 0 Å². The second-order valence-electron chi connectivity index (χ2n) is 4.48. The summed E-state index contributed by atoms with van der Waals surface area (Å²) >= 11 is 0. The van der Waals surface area contributed by atoms with Gasteiger partial charge in [-0.05, 0) is 6.07 Å². The third-order valence-corrected chi connectivity index (χ3v) is 2.93. The summed E-state index contributed by atoms with van der Waals surface area (Å²) in [6.07, 6.45) is 2.95. The number of aryl methyl sites for hydroxylation is 2. The molecule has 2 rings (SSSR count). The summed E-state index contributed by atoms with van der Waals surface area (Å²) in [5, 5.41) is 17.0. The number of aromatic nitrogens is 4. The van der Waals surface area contributed by atoms with E-state index in [1.165, 1.54) is 15.8 Å². The van der Waals surface area contributed by atoms with Crippen LogP contribution in [0.3, 0.4) is 0 Å². The summed E-state index contributed by atoms with van der Waals surface area (Å²) in [4.78, 5) is 24.8. The largest absolute Gasteiger partial charge is 0.478 e. The predicted molar refractivity (Wildman–Crippen MR) is 69.2 cm³/mol. The second-order valence-corrected chi connectivity index (χ2v) is 4.48. The molecule has 2 heterocycles. The zero-order chi connectivity index (χ0) is 14.9. The van der Waals surface area contributed by atoms with Crippen molar-refractivity contribution in [2.75, 3.05) is 7.05 Å². The molecule has 0 aliphatic rings. The van der Waals surface area contributed by atoms with Crippen molar-refractivity contribution in [2.24, 2.45) is 14.1 Å². The lowest BCUT2D eigenvalue weighted by Crippen LogP contribution is -2.29. The molecule has 20 heavy (non-hydrogen) atoms. The summed E-state index contributed by atoms with van der Waals surface area (Å²) in [5.41, 5.74) is 0.674. The minimum absolute atomic E-state index is 0.0651. The smallest absolute Gasteiger partial charge is 0.339 e. The molecule has 2 aromatic heterocycles. The van der Waals surface area contributed by atoms with Gasteiger partial charge < -0.3 is 10.0 Å². The topological polar surface area (TPSA) is 93.3 Å². The fourth-order valence-electron chi connectivity index (χ4n) is 1.85. The van der Waals surface area contributed by atoms with Gasteiger partial charge in [0, 0.05) is 33.5 Å². The molecule has 0 saturated carbocycles. The van der Waals surface area contributed by atoms with E-state index in [4.69, 9.17) is 5.11 Å². The minimum atomic E-state index is -1.17. The Morgan fingerprint density at radius 3 is 2.65 bits per heavy atom. The van der Waals surface area contributed by atoms with Crippen molar-refractivity contribution in [1.29, 1.82) is 0 Å². The van der Waals surface area contributed by atoms with Gasteiger partial charge in [0.25, 0.3) is 5.91 Å². The average molecular weight is 277 g/mol. The van der Waals surface area contributed by atoms with E-state index >= 15 is 0 Å². The maximum absolute atomic E-state index is 12.3. The predicted octanol–water partition coefficient (Wildman–Crippen LogP) is 0.124. The average Bonchev–Trinajstić information content (AvgIpc) is 2.95. The number of carbonyl (C=O) groups is 2. The number of carboxylic acids is 1. The Morgan fingerprint density at radius 1 is 1.40 bits per heavy atom. The fourth-order valence-corrected chi connectivity index (χ4v) is 1.85. The Hall–Kier alpha value is -2.64. The molecule has 0 aromatic carbocycles. The maximum Gasteiger partial charge on any atom is 0.339 e. The molecule has 0 bridgehead atoms. The first-order chi connectivity index (χ1) is 9.40. The lowest BCUT2D eigenvalue weighted by atomic mass is 10.2. The van der Waals surface area contributed by atoms with Crippen LogP contribution < -0.4 is 0 Å². The number of carbonyl (C=O) groups excluding carboxylic acids is 1. The molecule has 0 spiro atoms. The molecule has 1 N–H and O–H groups in total. The summed E-state index contributed by atoms with van der Waals surface area (Å²) < 4.78 is 2.97. The molecule has 0 fully saturated rings. The molecule has 1 amide bonds. The van der Waals surface area contributed by atoms with Crippen molar-refractivity contribution in [3.63, 3.8) is 0 Å². The van der Waals surface area contributed by atoms with Crippen LogP contribution in [-0.4, -0.2) is 48.5 Å². The highest BCUT2D eigenvalue weighted by Gasteiger charge is 2.24. The van der Waals surface area contributed by atoms with Crippen LogP contribution in [0.5, 0.6) is 0 Å². The standard InChI is InChI=1S/C12H15N5O3/c1-15(6-8-4-5-13-17(8)3)11(18)10-9(12(19)20)7-16(2)14-10/h4-5,7H,6H2,1-3H3,(H,19,20). The first-order valence-electron chi connectivity index (χ1n) is 5.89. The molecule has 0 unspecified atom stereocenters. The van der Waals surface area contributed by atoms with Gasteiger partial charge in [-0.1, -0.05) is 0 Å². The van der Waals surface area contributed by atoms with Crippen LogP contribution in [-0.2, 0) is 20.6 Å². The van der Waals surface area contributed by atoms with E-state index in [9.17, 15) is 9.59 Å². The summed E-state index contributed by atoms with van der Waals surface area (Å²) in [6, 6.07) is 1.79. The van der Waals surface area contributed by atoms with E-state index in [0.717, 1.165) is 5.69 Å². The van der Waals surface area contributed by atoms with Gasteiger partial charge in [0.2, 0.25) is 0 Å². The van der Waals surface area contributed by atoms with Crippen molar-refractivity contribution < 1.29 is 14.7 Å². The van der Waals surface area contributed by atoms with Crippen LogP contribution in [0.4, 0.5) is 0 Å². The fraction of sp³-hybridized carbons (Fsp3) is 0.333. The summed E-state index contributed by atoms with van der Waals surface area (Å²) in [7, 11) is 4.94. The highest BCUT2D eigenvalue weighted by atomic mass is 16.4. The Morgan fingerprint density at radius 2 is 2.10 bits per heavy atom. The first kappa shape index (κ1) is 13.8. The molecule has 0 aliphatic heterocycles. The van der Waals surface area contributed by atoms with Gasteiger partial charge in [-0.3, -0.25) is 14.2 Å². The van der Waals surface area contributed by atoms with E-state index in [1.807, 2.05) is 0 Å². The van der Waals surface area contributed by atoms with Crippen molar-refractivity contribution in [3.8, 4) is 0 Å². The van der Waals surface area contributed by atoms with Gasteiger partial charge in [-0.15, -0.1) is 0 Å². The number of carboxylic acid groups (broad SMARTS) is 1. The molecule has 0 saturated heterocycles. The lowest BCUT2D eigenvalue weighted by Gasteiger charge is -2.16. The van der Waals surface area contributed by atoms with Crippen molar-refractivity contribution in [1.82, 2.24) is 24.5 Å². The number of amides is 1. The van der Waals surface area contributed by atoms with Crippen molar-refractivity contribution >= 4 is 11.9 Å².